The van der Waals surface area contributed by atoms with Crippen molar-refractivity contribution in [3.63, 3.8) is 0 Å². The lowest BCUT2D eigenvalue weighted by Gasteiger charge is -2.33. The van der Waals surface area contributed by atoms with E-state index < -0.39 is 28.6 Å². The average Bonchev–Trinajstić information content (AvgIpc) is 2.82. The number of rotatable bonds is 6. The highest BCUT2D eigenvalue weighted by Crippen LogP contribution is 2.26. The summed E-state index contributed by atoms with van der Waals surface area (Å²) >= 11 is 0. The van der Waals surface area contributed by atoms with E-state index in [1.165, 1.54) is 23.5 Å². The molecule has 0 spiro atoms. The van der Waals surface area contributed by atoms with Crippen LogP contribution < -0.4 is 0 Å². The zero-order valence-corrected chi connectivity index (χ0v) is 19.3. The number of hydrogen-bond donors (Lipinski definition) is 0. The number of piperidine rings is 2. The molecular formula is C22H30N2O7S. The van der Waals surface area contributed by atoms with Gasteiger partial charge in [-0.25, -0.2) is 8.42 Å². The predicted octanol–water partition coefficient (Wildman–Crippen LogP) is 1.49. The Morgan fingerprint density at radius 1 is 0.969 bits per heavy atom. The fourth-order valence-corrected chi connectivity index (χ4v) is 5.77. The summed E-state index contributed by atoms with van der Waals surface area (Å²) in [7, 11) is -2.52. The zero-order chi connectivity index (χ0) is 23.3. The van der Waals surface area contributed by atoms with Crippen LogP contribution >= 0.6 is 0 Å². The number of nitrogens with zero attached hydrogens (tertiary/aromatic N) is 2. The van der Waals surface area contributed by atoms with E-state index >= 15 is 0 Å². The molecule has 1 amide bonds. The third-order valence-corrected chi connectivity index (χ3v) is 8.00. The van der Waals surface area contributed by atoms with Gasteiger partial charge in [0, 0.05) is 19.6 Å². The van der Waals surface area contributed by atoms with Crippen LogP contribution in [0, 0.1) is 12.8 Å². The van der Waals surface area contributed by atoms with Gasteiger partial charge in [-0.1, -0.05) is 17.7 Å². The third kappa shape index (κ3) is 5.47. The Kier molecular flexibility index (Phi) is 7.89. The van der Waals surface area contributed by atoms with Crippen molar-refractivity contribution in [3.05, 3.63) is 29.8 Å². The normalized spacial score (nSPS) is 20.6. The van der Waals surface area contributed by atoms with E-state index in [2.05, 4.69) is 0 Å². The van der Waals surface area contributed by atoms with E-state index in [0.717, 1.165) is 5.56 Å². The molecule has 0 aliphatic carbocycles. The fraction of sp³-hybridized carbons (Fsp3) is 0.591. The van der Waals surface area contributed by atoms with Crippen LogP contribution in [0.15, 0.2) is 29.2 Å². The van der Waals surface area contributed by atoms with E-state index in [0.29, 0.717) is 45.2 Å². The molecule has 1 aromatic rings. The summed E-state index contributed by atoms with van der Waals surface area (Å²) in [5.41, 5.74) is 0.938. The standard InChI is InChI=1S/C22H30N2O7S/c1-16-6-8-18(9-7-16)32(28,29)24-12-4-3-5-19(24)22(27)31-15-20(25)23-13-10-17(11-14-23)21(26)30-2/h6-9,17,19H,3-5,10-15H2,1-2H3. The molecule has 0 bridgehead atoms. The maximum absolute atomic E-state index is 13.1. The number of ether oxygens (including phenoxy) is 2. The summed E-state index contributed by atoms with van der Waals surface area (Å²) < 4.78 is 37.4. The minimum absolute atomic E-state index is 0.132. The molecule has 0 aromatic heterocycles. The van der Waals surface area contributed by atoms with Gasteiger partial charge in [-0.05, 0) is 51.2 Å². The number of esters is 2. The second kappa shape index (κ2) is 10.4. The molecule has 2 heterocycles. The van der Waals surface area contributed by atoms with Gasteiger partial charge < -0.3 is 14.4 Å². The van der Waals surface area contributed by atoms with Crippen LogP contribution in [0.4, 0.5) is 0 Å². The number of carbonyl (C=O) groups excluding carboxylic acids is 3. The number of methoxy groups -OCH3 is 1. The minimum atomic E-state index is -3.86. The molecule has 1 unspecified atom stereocenters. The summed E-state index contributed by atoms with van der Waals surface area (Å²) in [5.74, 6) is -1.58. The zero-order valence-electron chi connectivity index (χ0n) is 18.5. The molecule has 0 radical (unpaired) electrons. The van der Waals surface area contributed by atoms with Gasteiger partial charge in [-0.2, -0.15) is 4.31 Å². The molecule has 2 saturated heterocycles. The monoisotopic (exact) mass is 466 g/mol. The maximum Gasteiger partial charge on any atom is 0.324 e. The number of sulfonamides is 1. The maximum atomic E-state index is 13.1. The number of aryl methyl sites for hydroxylation is 1. The summed E-state index contributed by atoms with van der Waals surface area (Å²) in [4.78, 5) is 38.5. The van der Waals surface area contributed by atoms with Crippen LogP contribution in [-0.2, 0) is 33.9 Å². The van der Waals surface area contributed by atoms with Crippen LogP contribution in [0.25, 0.3) is 0 Å². The topological polar surface area (TPSA) is 110 Å². The van der Waals surface area contributed by atoms with Crippen LogP contribution in [0.1, 0.15) is 37.7 Å². The lowest BCUT2D eigenvalue weighted by molar-refractivity contribution is -0.157. The molecule has 3 rings (SSSR count). The largest absolute Gasteiger partial charge is 0.469 e. The minimum Gasteiger partial charge on any atom is -0.469 e. The summed E-state index contributed by atoms with van der Waals surface area (Å²) in [6.45, 7) is 2.41. The quantitative estimate of drug-likeness (QED) is 0.584. The molecule has 2 aliphatic heterocycles. The molecule has 1 atom stereocenters. The Morgan fingerprint density at radius 2 is 1.62 bits per heavy atom. The van der Waals surface area contributed by atoms with Crippen molar-refractivity contribution in [2.45, 2.75) is 50.0 Å². The van der Waals surface area contributed by atoms with Gasteiger partial charge in [-0.3, -0.25) is 14.4 Å². The Labute approximate surface area is 188 Å². The van der Waals surface area contributed by atoms with Crippen molar-refractivity contribution in [2.75, 3.05) is 33.4 Å². The third-order valence-electron chi connectivity index (χ3n) is 6.07. The Bertz CT molecular complexity index is 938. The van der Waals surface area contributed by atoms with E-state index in [9.17, 15) is 22.8 Å². The van der Waals surface area contributed by atoms with Gasteiger partial charge in [0.2, 0.25) is 10.0 Å². The van der Waals surface area contributed by atoms with Gasteiger partial charge in [-0.15, -0.1) is 0 Å². The number of hydrogen-bond acceptors (Lipinski definition) is 7. The van der Waals surface area contributed by atoms with E-state index in [1.54, 1.807) is 17.0 Å². The van der Waals surface area contributed by atoms with Gasteiger partial charge in [0.05, 0.1) is 17.9 Å². The van der Waals surface area contributed by atoms with Crippen LogP contribution in [-0.4, -0.2) is 74.9 Å². The molecule has 0 N–H and O–H groups in total. The van der Waals surface area contributed by atoms with Crippen molar-refractivity contribution >= 4 is 27.9 Å². The smallest absolute Gasteiger partial charge is 0.324 e. The Morgan fingerprint density at radius 3 is 2.25 bits per heavy atom. The van der Waals surface area contributed by atoms with E-state index in [-0.39, 0.29) is 29.2 Å². The highest BCUT2D eigenvalue weighted by Gasteiger charge is 2.39. The molecule has 0 saturated carbocycles. The number of amides is 1. The van der Waals surface area contributed by atoms with Gasteiger partial charge in [0.1, 0.15) is 6.04 Å². The van der Waals surface area contributed by atoms with Gasteiger partial charge in [0.15, 0.2) is 6.61 Å². The SMILES string of the molecule is COC(=O)C1CCN(C(=O)COC(=O)C2CCCCN2S(=O)(=O)c2ccc(C)cc2)CC1. The van der Waals surface area contributed by atoms with Crippen LogP contribution in [0.5, 0.6) is 0 Å². The molecule has 1 aromatic carbocycles. The average molecular weight is 467 g/mol. The lowest BCUT2D eigenvalue weighted by atomic mass is 9.97. The van der Waals surface area contributed by atoms with Gasteiger partial charge in [0.25, 0.3) is 5.91 Å². The number of likely N-dealkylation sites (tertiary alicyclic amines) is 1. The molecule has 2 aliphatic rings. The van der Waals surface area contributed by atoms with Crippen molar-refractivity contribution < 1.29 is 32.3 Å². The van der Waals surface area contributed by atoms with Gasteiger partial charge >= 0.3 is 11.9 Å². The molecule has 32 heavy (non-hydrogen) atoms. The molecule has 2 fully saturated rings. The number of benzene rings is 1. The van der Waals surface area contributed by atoms with Crippen molar-refractivity contribution in [2.24, 2.45) is 5.92 Å². The first-order valence-corrected chi connectivity index (χ1v) is 12.3. The second-order valence-electron chi connectivity index (χ2n) is 8.23. The first-order valence-electron chi connectivity index (χ1n) is 10.8. The number of carbonyl (C=O) groups is 3. The van der Waals surface area contributed by atoms with Crippen LogP contribution in [0.2, 0.25) is 0 Å². The van der Waals surface area contributed by atoms with E-state index in [4.69, 9.17) is 9.47 Å². The lowest BCUT2D eigenvalue weighted by Crippen LogP contribution is -2.49. The molecule has 10 heteroatoms. The van der Waals surface area contributed by atoms with E-state index in [1.807, 2.05) is 6.92 Å². The molecular weight excluding hydrogens is 436 g/mol. The van der Waals surface area contributed by atoms with Crippen LogP contribution in [0.3, 0.4) is 0 Å². The predicted molar refractivity (Wildman–Crippen MR) is 115 cm³/mol. The van der Waals surface area contributed by atoms with Crippen molar-refractivity contribution in [1.82, 2.24) is 9.21 Å². The highest BCUT2D eigenvalue weighted by atomic mass is 32.2. The molecule has 9 nitrogen and oxygen atoms in total. The summed E-state index contributed by atoms with van der Waals surface area (Å²) in [6.07, 6.45) is 2.70. The summed E-state index contributed by atoms with van der Waals surface area (Å²) in [5, 5.41) is 0. The Balaban J connectivity index is 1.59. The fourth-order valence-electron chi connectivity index (χ4n) is 4.13. The molecule has 176 valence electrons. The first kappa shape index (κ1) is 24.2. The van der Waals surface area contributed by atoms with Crippen molar-refractivity contribution in [1.29, 1.82) is 0 Å². The van der Waals surface area contributed by atoms with Crippen molar-refractivity contribution in [3.8, 4) is 0 Å². The highest BCUT2D eigenvalue weighted by molar-refractivity contribution is 7.89. The second-order valence-corrected chi connectivity index (χ2v) is 10.1. The summed E-state index contributed by atoms with van der Waals surface area (Å²) in [6, 6.07) is 5.54. The Hall–Kier alpha value is -2.46. The first-order chi connectivity index (χ1) is 15.2.